The summed E-state index contributed by atoms with van der Waals surface area (Å²) < 4.78 is 33.9. The molecule has 0 atom stereocenters. The Hall–Kier alpha value is -4.32. The molecule has 3 aromatic carbocycles. The summed E-state index contributed by atoms with van der Waals surface area (Å²) in [4.78, 5) is 0. The van der Waals surface area contributed by atoms with Crippen LogP contribution in [0, 0.1) is 0 Å². The van der Waals surface area contributed by atoms with Crippen molar-refractivity contribution in [2.24, 2.45) is 0 Å². The molecule has 0 saturated heterocycles. The molecule has 1 aliphatic carbocycles. The van der Waals surface area contributed by atoms with Crippen LogP contribution in [0.5, 0.6) is 34.5 Å². The van der Waals surface area contributed by atoms with E-state index in [0.29, 0.717) is 53.8 Å². The summed E-state index contributed by atoms with van der Waals surface area (Å²) >= 11 is 0. The van der Waals surface area contributed by atoms with Crippen molar-refractivity contribution in [3.8, 4) is 34.5 Å². The molecular weight excluding hydrogens is 456 g/mol. The molecule has 0 unspecified atom stereocenters. The fourth-order valence-electron chi connectivity index (χ4n) is 4.56. The summed E-state index contributed by atoms with van der Waals surface area (Å²) in [5.41, 5.74) is 6.63. The minimum absolute atomic E-state index is 0.608. The molecule has 0 bridgehead atoms. The number of fused-ring (bicyclic) bond motifs is 3. The van der Waals surface area contributed by atoms with Gasteiger partial charge in [-0.1, -0.05) is 19.7 Å². The third-order valence-electron chi connectivity index (χ3n) is 6.23. The van der Waals surface area contributed by atoms with Gasteiger partial charge in [-0.15, -0.1) is 0 Å². The maximum atomic E-state index is 5.67. The molecule has 36 heavy (non-hydrogen) atoms. The fraction of sp³-hybridized carbons (Fsp3) is 0.200. The van der Waals surface area contributed by atoms with Crippen LogP contribution in [-0.4, -0.2) is 21.3 Å². The average Bonchev–Trinajstić information content (AvgIpc) is 2.93. The summed E-state index contributed by atoms with van der Waals surface area (Å²) in [6.07, 6.45) is 6.18. The zero-order chi connectivity index (χ0) is 25.7. The van der Waals surface area contributed by atoms with E-state index >= 15 is 0 Å². The molecule has 0 fully saturated rings. The maximum absolute atomic E-state index is 5.67. The minimum Gasteiger partial charge on any atom is -0.493 e. The Balaban J connectivity index is 1.99. The molecule has 0 spiro atoms. The van der Waals surface area contributed by atoms with Gasteiger partial charge in [-0.25, -0.2) is 0 Å². The van der Waals surface area contributed by atoms with Gasteiger partial charge in [0.25, 0.3) is 0 Å². The normalized spacial score (nSPS) is 11.8. The quantitative estimate of drug-likeness (QED) is 0.257. The Morgan fingerprint density at radius 1 is 0.444 bits per heavy atom. The zero-order valence-electron chi connectivity index (χ0n) is 20.9. The molecule has 3 aromatic rings. The van der Waals surface area contributed by atoms with Crippen molar-refractivity contribution in [2.75, 3.05) is 21.3 Å². The highest BCUT2D eigenvalue weighted by Crippen LogP contribution is 2.40. The number of hydrogen-bond acceptors (Lipinski definition) is 6. The predicted molar refractivity (Wildman–Crippen MR) is 140 cm³/mol. The topological polar surface area (TPSA) is 55.4 Å². The van der Waals surface area contributed by atoms with Crippen LogP contribution in [-0.2, 0) is 19.3 Å². The maximum Gasteiger partial charge on any atom is 0.168 e. The Bertz CT molecular complexity index is 1150. The molecule has 0 aromatic heterocycles. The first kappa shape index (κ1) is 24.8. The number of rotatable bonds is 9. The van der Waals surface area contributed by atoms with E-state index in [-0.39, 0.29) is 0 Å². The number of ether oxygens (including phenoxy) is 6. The molecule has 0 saturated carbocycles. The van der Waals surface area contributed by atoms with Crippen molar-refractivity contribution in [3.05, 3.63) is 108 Å². The second-order valence-corrected chi connectivity index (χ2v) is 8.20. The lowest BCUT2D eigenvalue weighted by Gasteiger charge is -2.17. The van der Waals surface area contributed by atoms with Gasteiger partial charge in [-0.3, -0.25) is 0 Å². The van der Waals surface area contributed by atoms with Gasteiger partial charge in [0.2, 0.25) is 0 Å². The van der Waals surface area contributed by atoms with Gasteiger partial charge in [0, 0.05) is 0 Å². The highest BCUT2D eigenvalue weighted by Gasteiger charge is 2.22. The van der Waals surface area contributed by atoms with Gasteiger partial charge >= 0.3 is 0 Å². The molecule has 4 rings (SSSR count). The van der Waals surface area contributed by atoms with Crippen molar-refractivity contribution < 1.29 is 28.4 Å². The van der Waals surface area contributed by atoms with Gasteiger partial charge in [0.1, 0.15) is 0 Å². The molecule has 6 nitrogen and oxygen atoms in total. The Morgan fingerprint density at radius 2 is 0.667 bits per heavy atom. The summed E-state index contributed by atoms with van der Waals surface area (Å²) in [7, 11) is 4.88. The molecule has 0 aliphatic heterocycles. The average molecular weight is 487 g/mol. The molecule has 186 valence electrons. The van der Waals surface area contributed by atoms with E-state index in [4.69, 9.17) is 28.4 Å². The van der Waals surface area contributed by atoms with Gasteiger partial charge in [0.05, 0.1) is 40.1 Å². The second kappa shape index (κ2) is 11.0. The lowest BCUT2D eigenvalue weighted by molar-refractivity contribution is 0.377. The van der Waals surface area contributed by atoms with Gasteiger partial charge in [0.15, 0.2) is 34.5 Å². The van der Waals surface area contributed by atoms with Crippen LogP contribution in [0.25, 0.3) is 0 Å². The van der Waals surface area contributed by atoms with Crippen LogP contribution < -0.4 is 28.4 Å². The van der Waals surface area contributed by atoms with E-state index in [9.17, 15) is 0 Å². The lowest BCUT2D eigenvalue weighted by Crippen LogP contribution is -2.02. The van der Waals surface area contributed by atoms with E-state index in [2.05, 4.69) is 19.7 Å². The van der Waals surface area contributed by atoms with E-state index in [1.807, 2.05) is 36.4 Å². The Labute approximate surface area is 212 Å². The van der Waals surface area contributed by atoms with Crippen LogP contribution in [0.4, 0.5) is 0 Å². The molecule has 0 heterocycles. The molecule has 6 heteroatoms. The molecule has 0 radical (unpaired) electrons. The third-order valence-corrected chi connectivity index (χ3v) is 6.23. The summed E-state index contributed by atoms with van der Waals surface area (Å²) in [5.74, 6) is 3.73. The van der Waals surface area contributed by atoms with Crippen LogP contribution >= 0.6 is 0 Å². The van der Waals surface area contributed by atoms with E-state index in [0.717, 1.165) is 33.4 Å². The summed E-state index contributed by atoms with van der Waals surface area (Å²) in [6, 6.07) is 12.1. The molecule has 0 amide bonds. The van der Waals surface area contributed by atoms with Crippen LogP contribution in [0.15, 0.2) is 74.9 Å². The number of methoxy groups -OCH3 is 3. The van der Waals surface area contributed by atoms with Crippen LogP contribution in [0.2, 0.25) is 0 Å². The standard InChI is InChI=1S/C30H30O6/c1-7-34-28-16-22-10-20-14-26(32-5)30(36-9-3)18-24(20)12-21-15-27(33-6)29(35-8-2)17-23(21)11-19(22)13-25(28)31-4/h7-9,13-18H,1-3,10-12H2,4-6H3. The van der Waals surface area contributed by atoms with E-state index in [1.54, 1.807) is 21.3 Å². The van der Waals surface area contributed by atoms with Crippen LogP contribution in [0.3, 0.4) is 0 Å². The van der Waals surface area contributed by atoms with E-state index in [1.165, 1.54) is 18.8 Å². The first-order valence-corrected chi connectivity index (χ1v) is 11.5. The second-order valence-electron chi connectivity index (χ2n) is 8.20. The largest absolute Gasteiger partial charge is 0.493 e. The SMILES string of the molecule is C=COc1cc2c(cc1OC)Cc1cc(OC=C)c(OC)cc1Cc1cc(OC=C)c(OC)cc1C2. The molecular formula is C30H30O6. The third kappa shape index (κ3) is 4.89. The van der Waals surface area contributed by atoms with Crippen molar-refractivity contribution in [1.29, 1.82) is 0 Å². The minimum atomic E-state index is 0.608. The smallest absolute Gasteiger partial charge is 0.168 e. The van der Waals surface area contributed by atoms with E-state index < -0.39 is 0 Å². The fourth-order valence-corrected chi connectivity index (χ4v) is 4.56. The predicted octanol–water partition coefficient (Wildman–Crippen LogP) is 6.37. The van der Waals surface area contributed by atoms with Gasteiger partial charge in [-0.05, 0) is 89.0 Å². The highest BCUT2D eigenvalue weighted by atomic mass is 16.5. The van der Waals surface area contributed by atoms with Crippen molar-refractivity contribution in [2.45, 2.75) is 19.3 Å². The number of hydrogen-bond donors (Lipinski definition) is 0. The summed E-state index contributed by atoms with van der Waals surface area (Å²) in [6.45, 7) is 11.1. The first-order chi connectivity index (χ1) is 17.5. The molecule has 1 aliphatic rings. The van der Waals surface area contributed by atoms with Gasteiger partial charge < -0.3 is 28.4 Å². The van der Waals surface area contributed by atoms with Crippen molar-refractivity contribution in [3.63, 3.8) is 0 Å². The lowest BCUT2D eigenvalue weighted by atomic mass is 9.94. The van der Waals surface area contributed by atoms with Crippen molar-refractivity contribution in [1.82, 2.24) is 0 Å². The monoisotopic (exact) mass is 486 g/mol. The Kier molecular flexibility index (Phi) is 7.54. The Morgan fingerprint density at radius 3 is 0.861 bits per heavy atom. The number of benzene rings is 3. The van der Waals surface area contributed by atoms with Crippen LogP contribution in [0.1, 0.15) is 33.4 Å². The first-order valence-electron chi connectivity index (χ1n) is 11.5. The van der Waals surface area contributed by atoms with Crippen molar-refractivity contribution >= 4 is 0 Å². The van der Waals surface area contributed by atoms with Gasteiger partial charge in [-0.2, -0.15) is 0 Å². The summed E-state index contributed by atoms with van der Waals surface area (Å²) in [5, 5.41) is 0. The molecule has 0 N–H and O–H groups in total. The highest BCUT2D eigenvalue weighted by molar-refractivity contribution is 5.58. The zero-order valence-corrected chi connectivity index (χ0v) is 20.9.